The highest BCUT2D eigenvalue weighted by molar-refractivity contribution is 5.78. The molecule has 0 radical (unpaired) electrons. The van der Waals surface area contributed by atoms with E-state index in [0.29, 0.717) is 19.1 Å². The number of carbonyl (C=O) groups excluding carboxylic acids is 1. The normalized spacial score (nSPS) is 16.1. The quantitative estimate of drug-likeness (QED) is 0.815. The van der Waals surface area contributed by atoms with Crippen LogP contribution in [0.5, 0.6) is 0 Å². The van der Waals surface area contributed by atoms with Gasteiger partial charge < -0.3 is 10.6 Å². The van der Waals surface area contributed by atoms with Crippen LogP contribution in [0.4, 0.5) is 0 Å². The summed E-state index contributed by atoms with van der Waals surface area (Å²) < 4.78 is 1.84. The van der Waals surface area contributed by atoms with Crippen LogP contribution in [0.15, 0.2) is 6.20 Å². The zero-order valence-electron chi connectivity index (χ0n) is 11.2. The SMILES string of the molecule is Cc1c(CNCC(=O)NC2CCCC2)cnn1C. The van der Waals surface area contributed by atoms with Gasteiger partial charge in [-0.15, -0.1) is 0 Å². The number of hydrogen-bond donors (Lipinski definition) is 2. The Balaban J connectivity index is 1.68. The molecule has 1 aromatic rings. The lowest BCUT2D eigenvalue weighted by Gasteiger charge is -2.12. The number of rotatable bonds is 5. The number of nitrogens with zero attached hydrogens (tertiary/aromatic N) is 2. The van der Waals surface area contributed by atoms with Gasteiger partial charge in [-0.3, -0.25) is 9.48 Å². The summed E-state index contributed by atoms with van der Waals surface area (Å²) in [5.74, 6) is 0.100. The number of carbonyl (C=O) groups is 1. The molecule has 0 bridgehead atoms. The first-order valence-corrected chi connectivity index (χ1v) is 6.64. The van der Waals surface area contributed by atoms with Gasteiger partial charge in [0.05, 0.1) is 12.7 Å². The number of hydrogen-bond acceptors (Lipinski definition) is 3. The van der Waals surface area contributed by atoms with Crippen LogP contribution in [0.2, 0.25) is 0 Å². The average molecular weight is 250 g/mol. The van der Waals surface area contributed by atoms with Crippen LogP contribution >= 0.6 is 0 Å². The minimum Gasteiger partial charge on any atom is -0.352 e. The zero-order chi connectivity index (χ0) is 13.0. The summed E-state index contributed by atoms with van der Waals surface area (Å²) in [6.07, 6.45) is 6.60. The van der Waals surface area contributed by atoms with Crippen molar-refractivity contribution in [2.75, 3.05) is 6.54 Å². The molecule has 0 atom stereocenters. The first kappa shape index (κ1) is 13.1. The van der Waals surface area contributed by atoms with Crippen molar-refractivity contribution in [3.63, 3.8) is 0 Å². The second-order valence-corrected chi connectivity index (χ2v) is 5.03. The van der Waals surface area contributed by atoms with Crippen LogP contribution in [0.25, 0.3) is 0 Å². The van der Waals surface area contributed by atoms with Crippen molar-refractivity contribution < 1.29 is 4.79 Å². The molecule has 5 heteroatoms. The van der Waals surface area contributed by atoms with E-state index in [-0.39, 0.29) is 5.91 Å². The molecule has 1 fully saturated rings. The van der Waals surface area contributed by atoms with E-state index in [0.717, 1.165) is 24.1 Å². The Morgan fingerprint density at radius 3 is 2.83 bits per heavy atom. The van der Waals surface area contributed by atoms with Gasteiger partial charge in [-0.05, 0) is 19.8 Å². The third-order valence-electron chi connectivity index (χ3n) is 3.66. The second kappa shape index (κ2) is 6.00. The molecule has 0 saturated heterocycles. The van der Waals surface area contributed by atoms with Crippen molar-refractivity contribution in [1.82, 2.24) is 20.4 Å². The Kier molecular flexibility index (Phi) is 4.36. The monoisotopic (exact) mass is 250 g/mol. The van der Waals surface area contributed by atoms with Crippen molar-refractivity contribution in [2.24, 2.45) is 7.05 Å². The van der Waals surface area contributed by atoms with E-state index in [1.165, 1.54) is 12.8 Å². The maximum absolute atomic E-state index is 11.7. The van der Waals surface area contributed by atoms with Crippen molar-refractivity contribution in [3.05, 3.63) is 17.5 Å². The van der Waals surface area contributed by atoms with Gasteiger partial charge in [0.25, 0.3) is 0 Å². The molecular weight excluding hydrogens is 228 g/mol. The van der Waals surface area contributed by atoms with Gasteiger partial charge >= 0.3 is 0 Å². The lowest BCUT2D eigenvalue weighted by Crippen LogP contribution is -2.38. The fourth-order valence-corrected chi connectivity index (χ4v) is 2.38. The summed E-state index contributed by atoms with van der Waals surface area (Å²) >= 11 is 0. The first-order valence-electron chi connectivity index (χ1n) is 6.64. The topological polar surface area (TPSA) is 59.0 Å². The summed E-state index contributed by atoms with van der Waals surface area (Å²) in [6, 6.07) is 0.402. The molecule has 5 nitrogen and oxygen atoms in total. The molecule has 100 valence electrons. The highest BCUT2D eigenvalue weighted by Crippen LogP contribution is 2.17. The van der Waals surface area contributed by atoms with Gasteiger partial charge in [0.2, 0.25) is 5.91 Å². The fraction of sp³-hybridized carbons (Fsp3) is 0.692. The maximum Gasteiger partial charge on any atom is 0.234 e. The number of aryl methyl sites for hydroxylation is 1. The Morgan fingerprint density at radius 1 is 1.50 bits per heavy atom. The largest absolute Gasteiger partial charge is 0.352 e. The third-order valence-corrected chi connectivity index (χ3v) is 3.66. The lowest BCUT2D eigenvalue weighted by atomic mass is 10.2. The van der Waals surface area contributed by atoms with E-state index in [2.05, 4.69) is 15.7 Å². The van der Waals surface area contributed by atoms with Gasteiger partial charge in [0, 0.05) is 30.9 Å². The standard InChI is InChI=1S/C13H22N4O/c1-10-11(8-15-17(10)2)7-14-9-13(18)16-12-5-3-4-6-12/h8,12,14H,3-7,9H2,1-2H3,(H,16,18). The van der Waals surface area contributed by atoms with Crippen molar-refractivity contribution >= 4 is 5.91 Å². The van der Waals surface area contributed by atoms with Crippen LogP contribution in [0.3, 0.4) is 0 Å². The van der Waals surface area contributed by atoms with E-state index in [4.69, 9.17) is 0 Å². The Labute approximate surface area is 108 Å². The van der Waals surface area contributed by atoms with Gasteiger partial charge in [-0.1, -0.05) is 12.8 Å². The molecule has 0 aliphatic heterocycles. The molecule has 1 aliphatic rings. The molecule has 1 aromatic heterocycles. The Bertz CT molecular complexity index is 407. The molecule has 1 aliphatic carbocycles. The summed E-state index contributed by atoms with van der Waals surface area (Å²) in [5.41, 5.74) is 2.28. The zero-order valence-corrected chi connectivity index (χ0v) is 11.2. The minimum atomic E-state index is 0.100. The molecule has 0 spiro atoms. The summed E-state index contributed by atoms with van der Waals surface area (Å²) in [4.78, 5) is 11.7. The molecule has 1 amide bonds. The van der Waals surface area contributed by atoms with Crippen molar-refractivity contribution in [1.29, 1.82) is 0 Å². The Hall–Kier alpha value is -1.36. The average Bonchev–Trinajstić information content (AvgIpc) is 2.94. The van der Waals surface area contributed by atoms with E-state index >= 15 is 0 Å². The van der Waals surface area contributed by atoms with Crippen molar-refractivity contribution in [3.8, 4) is 0 Å². The predicted octanol–water partition coefficient (Wildman–Crippen LogP) is 0.877. The number of aromatic nitrogens is 2. The molecule has 0 unspecified atom stereocenters. The smallest absolute Gasteiger partial charge is 0.234 e. The molecule has 1 heterocycles. The molecule has 1 saturated carbocycles. The fourth-order valence-electron chi connectivity index (χ4n) is 2.38. The summed E-state index contributed by atoms with van der Waals surface area (Å²) in [6.45, 7) is 3.10. The van der Waals surface area contributed by atoms with Crippen LogP contribution in [-0.2, 0) is 18.4 Å². The minimum absolute atomic E-state index is 0.100. The van der Waals surface area contributed by atoms with Crippen LogP contribution in [-0.4, -0.2) is 28.3 Å². The van der Waals surface area contributed by atoms with E-state index in [1.54, 1.807) is 0 Å². The van der Waals surface area contributed by atoms with Crippen LogP contribution in [0, 0.1) is 6.92 Å². The maximum atomic E-state index is 11.7. The van der Waals surface area contributed by atoms with E-state index in [1.807, 2.05) is 24.9 Å². The molecule has 2 rings (SSSR count). The first-order chi connectivity index (χ1) is 8.66. The lowest BCUT2D eigenvalue weighted by molar-refractivity contribution is -0.120. The molecule has 2 N–H and O–H groups in total. The molecular formula is C13H22N4O. The number of amides is 1. The highest BCUT2D eigenvalue weighted by atomic mass is 16.1. The Morgan fingerprint density at radius 2 is 2.22 bits per heavy atom. The molecule has 18 heavy (non-hydrogen) atoms. The predicted molar refractivity (Wildman–Crippen MR) is 70.1 cm³/mol. The van der Waals surface area contributed by atoms with E-state index in [9.17, 15) is 4.79 Å². The van der Waals surface area contributed by atoms with Crippen molar-refractivity contribution in [2.45, 2.75) is 45.2 Å². The van der Waals surface area contributed by atoms with Gasteiger partial charge in [-0.2, -0.15) is 5.10 Å². The van der Waals surface area contributed by atoms with Gasteiger partial charge in [0.1, 0.15) is 0 Å². The molecule has 0 aromatic carbocycles. The number of nitrogens with one attached hydrogen (secondary N) is 2. The van der Waals surface area contributed by atoms with Crippen LogP contribution < -0.4 is 10.6 Å². The second-order valence-electron chi connectivity index (χ2n) is 5.03. The summed E-state index contributed by atoms with van der Waals surface area (Å²) in [7, 11) is 1.92. The van der Waals surface area contributed by atoms with Crippen LogP contribution in [0.1, 0.15) is 36.9 Å². The van der Waals surface area contributed by atoms with Gasteiger partial charge in [-0.25, -0.2) is 0 Å². The third kappa shape index (κ3) is 3.32. The van der Waals surface area contributed by atoms with E-state index < -0.39 is 0 Å². The highest BCUT2D eigenvalue weighted by Gasteiger charge is 2.16. The van der Waals surface area contributed by atoms with Gasteiger partial charge in [0.15, 0.2) is 0 Å². The summed E-state index contributed by atoms with van der Waals surface area (Å²) in [5, 5.41) is 10.4.